The highest BCUT2D eigenvalue weighted by Crippen LogP contribution is 2.20. The molecule has 142 valence electrons. The van der Waals surface area contributed by atoms with Gasteiger partial charge in [0.25, 0.3) is 0 Å². The topological polar surface area (TPSA) is 90.5 Å². The van der Waals surface area contributed by atoms with E-state index < -0.39 is 0 Å². The van der Waals surface area contributed by atoms with Gasteiger partial charge in [-0.2, -0.15) is 5.10 Å². The van der Waals surface area contributed by atoms with Crippen LogP contribution in [0.25, 0.3) is 11.4 Å². The molecule has 0 spiro atoms. The second kappa shape index (κ2) is 7.69. The molecule has 0 radical (unpaired) electrons. The van der Waals surface area contributed by atoms with Crippen molar-refractivity contribution in [3.05, 3.63) is 41.2 Å². The van der Waals surface area contributed by atoms with Gasteiger partial charge >= 0.3 is 0 Å². The molecule has 1 N–H and O–H groups in total. The van der Waals surface area contributed by atoms with Crippen molar-refractivity contribution < 1.29 is 4.79 Å². The van der Waals surface area contributed by atoms with Crippen LogP contribution in [0.4, 0.5) is 5.69 Å². The summed E-state index contributed by atoms with van der Waals surface area (Å²) in [6, 6.07) is 7.50. The van der Waals surface area contributed by atoms with Crippen LogP contribution in [-0.2, 0) is 24.8 Å². The third kappa shape index (κ3) is 4.21. The van der Waals surface area contributed by atoms with Crippen molar-refractivity contribution in [3.63, 3.8) is 0 Å². The van der Waals surface area contributed by atoms with Crippen LogP contribution < -0.4 is 5.32 Å². The smallest absolute Gasteiger partial charge is 0.228 e. The highest BCUT2D eigenvalue weighted by atomic mass is 16.1. The summed E-state index contributed by atoms with van der Waals surface area (Å²) in [5, 5.41) is 19.0. The number of benzene rings is 1. The number of tetrazole rings is 1. The summed E-state index contributed by atoms with van der Waals surface area (Å²) < 4.78 is 3.58. The van der Waals surface area contributed by atoms with E-state index in [1.165, 1.54) is 0 Å². The number of rotatable bonds is 6. The Kier molecular flexibility index (Phi) is 5.34. The van der Waals surface area contributed by atoms with Gasteiger partial charge in [0.05, 0.1) is 12.1 Å². The molecular weight excluding hydrogens is 342 g/mol. The fourth-order valence-electron chi connectivity index (χ4n) is 3.09. The van der Waals surface area contributed by atoms with Gasteiger partial charge in [-0.3, -0.25) is 9.48 Å². The Bertz CT molecular complexity index is 955. The molecule has 27 heavy (non-hydrogen) atoms. The monoisotopic (exact) mass is 367 g/mol. The molecule has 0 aliphatic heterocycles. The number of carbonyl (C=O) groups excluding carboxylic acids is 1. The molecule has 1 aromatic carbocycles. The van der Waals surface area contributed by atoms with Gasteiger partial charge in [-0.25, -0.2) is 4.68 Å². The van der Waals surface area contributed by atoms with Crippen molar-refractivity contribution in [2.75, 3.05) is 5.32 Å². The highest BCUT2D eigenvalue weighted by molar-refractivity contribution is 5.93. The molecule has 0 aliphatic carbocycles. The molecule has 1 amide bonds. The highest BCUT2D eigenvalue weighted by Gasteiger charge is 2.16. The Hall–Kier alpha value is -3.03. The predicted octanol–water partition coefficient (Wildman–Crippen LogP) is 2.53. The molecule has 2 aromatic heterocycles. The van der Waals surface area contributed by atoms with E-state index in [0.29, 0.717) is 23.9 Å². The zero-order chi connectivity index (χ0) is 19.6. The number of amides is 1. The second-order valence-corrected chi connectivity index (χ2v) is 7.16. The number of nitrogens with one attached hydrogen (secondary N) is 1. The number of aryl methyl sites for hydroxylation is 2. The number of carbonyl (C=O) groups is 1. The standard InChI is InChI=1S/C19H25N7O/c1-12(2)11-26-14(4)17(13(3)22-26)10-18(27)20-16-8-6-7-15(9-16)19-21-23-24-25(19)5/h6-9,12H,10-11H2,1-5H3,(H,20,27). The first kappa shape index (κ1) is 18.8. The van der Waals surface area contributed by atoms with E-state index in [2.05, 4.69) is 39.8 Å². The third-order valence-electron chi connectivity index (χ3n) is 4.43. The zero-order valence-electron chi connectivity index (χ0n) is 16.4. The lowest BCUT2D eigenvalue weighted by Gasteiger charge is -2.09. The molecule has 3 rings (SSSR count). The molecule has 3 aromatic rings. The average Bonchev–Trinajstić information content (AvgIpc) is 3.13. The Morgan fingerprint density at radius 3 is 2.70 bits per heavy atom. The summed E-state index contributed by atoms with van der Waals surface area (Å²) in [5.74, 6) is 1.08. The first-order chi connectivity index (χ1) is 12.8. The third-order valence-corrected chi connectivity index (χ3v) is 4.43. The molecule has 0 aliphatic rings. The number of nitrogens with zero attached hydrogens (tertiary/aromatic N) is 6. The Morgan fingerprint density at radius 1 is 1.26 bits per heavy atom. The molecule has 0 saturated heterocycles. The lowest BCUT2D eigenvalue weighted by atomic mass is 10.1. The van der Waals surface area contributed by atoms with Crippen molar-refractivity contribution in [1.29, 1.82) is 0 Å². The minimum absolute atomic E-state index is 0.0708. The largest absolute Gasteiger partial charge is 0.326 e. The molecule has 0 fully saturated rings. The number of aromatic nitrogens is 6. The van der Waals surface area contributed by atoms with Crippen LogP contribution in [0.15, 0.2) is 24.3 Å². The number of hydrogen-bond acceptors (Lipinski definition) is 5. The maximum absolute atomic E-state index is 12.6. The van der Waals surface area contributed by atoms with Crippen molar-refractivity contribution >= 4 is 11.6 Å². The fraction of sp³-hybridized carbons (Fsp3) is 0.421. The summed E-state index contributed by atoms with van der Waals surface area (Å²) in [6.45, 7) is 9.13. The average molecular weight is 367 g/mol. The van der Waals surface area contributed by atoms with Gasteiger partial charge in [0, 0.05) is 36.1 Å². The summed E-state index contributed by atoms with van der Waals surface area (Å²) in [7, 11) is 1.78. The summed E-state index contributed by atoms with van der Waals surface area (Å²) in [4.78, 5) is 12.6. The van der Waals surface area contributed by atoms with Crippen molar-refractivity contribution in [3.8, 4) is 11.4 Å². The van der Waals surface area contributed by atoms with E-state index in [0.717, 1.165) is 29.1 Å². The van der Waals surface area contributed by atoms with Crippen LogP contribution in [0.5, 0.6) is 0 Å². The van der Waals surface area contributed by atoms with E-state index >= 15 is 0 Å². The van der Waals surface area contributed by atoms with Gasteiger partial charge in [0.1, 0.15) is 0 Å². The lowest BCUT2D eigenvalue weighted by molar-refractivity contribution is -0.115. The van der Waals surface area contributed by atoms with Crippen LogP contribution in [0.3, 0.4) is 0 Å². The normalized spacial score (nSPS) is 11.2. The predicted molar refractivity (Wildman–Crippen MR) is 103 cm³/mol. The lowest BCUT2D eigenvalue weighted by Crippen LogP contribution is -2.15. The molecule has 8 heteroatoms. The van der Waals surface area contributed by atoms with Gasteiger partial charge in [0.2, 0.25) is 5.91 Å². The van der Waals surface area contributed by atoms with Crippen LogP contribution in [0, 0.1) is 19.8 Å². The van der Waals surface area contributed by atoms with E-state index in [9.17, 15) is 4.79 Å². The first-order valence-corrected chi connectivity index (χ1v) is 9.00. The quantitative estimate of drug-likeness (QED) is 0.723. The fourth-order valence-corrected chi connectivity index (χ4v) is 3.09. The minimum atomic E-state index is -0.0708. The van der Waals surface area contributed by atoms with E-state index in [-0.39, 0.29) is 5.91 Å². The van der Waals surface area contributed by atoms with Crippen molar-refractivity contribution in [2.45, 2.75) is 40.7 Å². The van der Waals surface area contributed by atoms with Gasteiger partial charge in [-0.1, -0.05) is 26.0 Å². The van der Waals surface area contributed by atoms with Gasteiger partial charge in [0.15, 0.2) is 5.82 Å². The van der Waals surface area contributed by atoms with E-state index in [1.54, 1.807) is 11.7 Å². The molecule has 0 atom stereocenters. The van der Waals surface area contributed by atoms with Crippen molar-refractivity contribution in [1.82, 2.24) is 30.0 Å². The SMILES string of the molecule is Cc1nn(CC(C)C)c(C)c1CC(=O)Nc1cccc(-c2nnnn2C)c1. The first-order valence-electron chi connectivity index (χ1n) is 9.00. The number of anilines is 1. The Labute approximate surface area is 158 Å². The minimum Gasteiger partial charge on any atom is -0.326 e. The van der Waals surface area contributed by atoms with E-state index in [1.807, 2.05) is 42.8 Å². The van der Waals surface area contributed by atoms with Gasteiger partial charge in [-0.15, -0.1) is 5.10 Å². The Balaban J connectivity index is 1.74. The summed E-state index contributed by atoms with van der Waals surface area (Å²) in [5.41, 5.74) is 4.50. The Morgan fingerprint density at radius 2 is 2.04 bits per heavy atom. The van der Waals surface area contributed by atoms with Crippen LogP contribution in [0.2, 0.25) is 0 Å². The summed E-state index contributed by atoms with van der Waals surface area (Å²) in [6.07, 6.45) is 0.297. The second-order valence-electron chi connectivity index (χ2n) is 7.16. The van der Waals surface area contributed by atoms with Crippen LogP contribution in [0.1, 0.15) is 30.8 Å². The van der Waals surface area contributed by atoms with Gasteiger partial charge < -0.3 is 5.32 Å². The van der Waals surface area contributed by atoms with Crippen LogP contribution in [-0.4, -0.2) is 35.9 Å². The van der Waals surface area contributed by atoms with Gasteiger partial charge in [-0.05, 0) is 42.3 Å². The molecule has 2 heterocycles. The summed E-state index contributed by atoms with van der Waals surface area (Å²) >= 11 is 0. The maximum Gasteiger partial charge on any atom is 0.228 e. The number of hydrogen-bond donors (Lipinski definition) is 1. The molecule has 0 saturated carbocycles. The van der Waals surface area contributed by atoms with Crippen molar-refractivity contribution in [2.24, 2.45) is 13.0 Å². The molecular formula is C19H25N7O. The molecule has 0 bridgehead atoms. The molecule has 8 nitrogen and oxygen atoms in total. The maximum atomic E-state index is 12.6. The van der Waals surface area contributed by atoms with E-state index in [4.69, 9.17) is 0 Å². The molecule has 0 unspecified atom stereocenters. The zero-order valence-corrected chi connectivity index (χ0v) is 16.4. The van der Waals surface area contributed by atoms with Crippen LogP contribution >= 0.6 is 0 Å².